The predicted octanol–water partition coefficient (Wildman–Crippen LogP) is 2.58. The summed E-state index contributed by atoms with van der Waals surface area (Å²) in [6, 6.07) is 12.6. The van der Waals surface area contributed by atoms with E-state index in [2.05, 4.69) is 10.1 Å². The van der Waals surface area contributed by atoms with Gasteiger partial charge in [-0.1, -0.05) is 12.1 Å². The lowest BCUT2D eigenvalue weighted by atomic mass is 10.1. The average Bonchev–Trinajstić information content (AvgIpc) is 3.04. The highest BCUT2D eigenvalue weighted by atomic mass is 16.5. The van der Waals surface area contributed by atoms with Crippen molar-refractivity contribution in [3.05, 3.63) is 60.2 Å². The molecule has 3 rings (SSSR count). The van der Waals surface area contributed by atoms with Crippen molar-refractivity contribution in [3.8, 4) is 22.9 Å². The highest BCUT2D eigenvalue weighted by Crippen LogP contribution is 2.28. The molecule has 0 spiro atoms. The number of benzene rings is 2. The first kappa shape index (κ1) is 14.9. The van der Waals surface area contributed by atoms with E-state index in [1.807, 2.05) is 24.3 Å². The van der Waals surface area contributed by atoms with Crippen LogP contribution in [0.1, 0.15) is 11.4 Å². The standard InChI is InChI=1S/C17H17N3O3/c1-22-14-7-8-15(16(10-14)23-2)20-17(18-11-19-20)9-12-3-5-13(21)6-4-12/h3-8,10-11,21H,9H2,1-2H3. The molecule has 118 valence electrons. The summed E-state index contributed by atoms with van der Waals surface area (Å²) in [4.78, 5) is 4.33. The molecule has 1 heterocycles. The Kier molecular flexibility index (Phi) is 4.14. The van der Waals surface area contributed by atoms with Crippen molar-refractivity contribution in [1.82, 2.24) is 14.8 Å². The number of ether oxygens (including phenoxy) is 2. The van der Waals surface area contributed by atoms with Crippen molar-refractivity contribution in [1.29, 1.82) is 0 Å². The molecule has 0 saturated heterocycles. The second-order valence-electron chi connectivity index (χ2n) is 4.97. The van der Waals surface area contributed by atoms with E-state index in [1.54, 1.807) is 37.1 Å². The SMILES string of the molecule is COc1ccc(-n2ncnc2Cc2ccc(O)cc2)c(OC)c1. The zero-order valence-electron chi connectivity index (χ0n) is 12.9. The van der Waals surface area contributed by atoms with Gasteiger partial charge in [-0.2, -0.15) is 5.10 Å². The van der Waals surface area contributed by atoms with E-state index in [4.69, 9.17) is 9.47 Å². The number of hydrogen-bond acceptors (Lipinski definition) is 5. The normalized spacial score (nSPS) is 10.5. The third-order valence-corrected chi connectivity index (χ3v) is 3.53. The molecule has 23 heavy (non-hydrogen) atoms. The zero-order valence-corrected chi connectivity index (χ0v) is 12.9. The molecule has 0 bridgehead atoms. The van der Waals surface area contributed by atoms with E-state index in [0.29, 0.717) is 17.9 Å². The summed E-state index contributed by atoms with van der Waals surface area (Å²) in [5.74, 6) is 2.39. The first-order chi connectivity index (χ1) is 11.2. The first-order valence-corrected chi connectivity index (χ1v) is 7.10. The van der Waals surface area contributed by atoms with Crippen LogP contribution < -0.4 is 9.47 Å². The lowest BCUT2D eigenvalue weighted by Crippen LogP contribution is -2.06. The minimum Gasteiger partial charge on any atom is -0.508 e. The number of nitrogens with zero attached hydrogens (tertiary/aromatic N) is 3. The monoisotopic (exact) mass is 311 g/mol. The van der Waals surface area contributed by atoms with Crippen LogP contribution in [-0.4, -0.2) is 34.1 Å². The molecule has 0 saturated carbocycles. The number of hydrogen-bond donors (Lipinski definition) is 1. The maximum atomic E-state index is 9.37. The maximum absolute atomic E-state index is 9.37. The molecule has 6 heteroatoms. The topological polar surface area (TPSA) is 69.4 Å². The third-order valence-electron chi connectivity index (χ3n) is 3.53. The molecule has 1 aromatic heterocycles. The molecule has 1 N–H and O–H groups in total. The van der Waals surface area contributed by atoms with Gasteiger partial charge < -0.3 is 14.6 Å². The fourth-order valence-electron chi connectivity index (χ4n) is 2.34. The van der Waals surface area contributed by atoms with Gasteiger partial charge in [-0.25, -0.2) is 9.67 Å². The lowest BCUT2D eigenvalue weighted by Gasteiger charge is -2.12. The van der Waals surface area contributed by atoms with Gasteiger partial charge in [-0.05, 0) is 29.8 Å². The van der Waals surface area contributed by atoms with E-state index in [9.17, 15) is 5.11 Å². The summed E-state index contributed by atoms with van der Waals surface area (Å²) in [6.45, 7) is 0. The van der Waals surface area contributed by atoms with Gasteiger partial charge in [-0.15, -0.1) is 0 Å². The quantitative estimate of drug-likeness (QED) is 0.784. The summed E-state index contributed by atoms with van der Waals surface area (Å²) in [5, 5.41) is 13.7. The van der Waals surface area contributed by atoms with E-state index in [0.717, 1.165) is 17.1 Å². The molecule has 6 nitrogen and oxygen atoms in total. The van der Waals surface area contributed by atoms with E-state index in [-0.39, 0.29) is 5.75 Å². The fraction of sp³-hybridized carbons (Fsp3) is 0.176. The van der Waals surface area contributed by atoms with Crippen molar-refractivity contribution < 1.29 is 14.6 Å². The van der Waals surface area contributed by atoms with Crippen LogP contribution in [0.3, 0.4) is 0 Å². The van der Waals surface area contributed by atoms with E-state index < -0.39 is 0 Å². The Balaban J connectivity index is 1.96. The summed E-state index contributed by atoms with van der Waals surface area (Å²) in [5.41, 5.74) is 1.82. The summed E-state index contributed by atoms with van der Waals surface area (Å²) < 4.78 is 12.4. The Morgan fingerprint density at radius 3 is 2.52 bits per heavy atom. The Morgan fingerprint density at radius 2 is 1.83 bits per heavy atom. The van der Waals surface area contributed by atoms with Gasteiger partial charge in [0.25, 0.3) is 0 Å². The second kappa shape index (κ2) is 6.39. The van der Waals surface area contributed by atoms with Crippen LogP contribution in [0.15, 0.2) is 48.8 Å². The number of phenolic OH excluding ortho intramolecular Hbond substituents is 1. The van der Waals surface area contributed by atoms with Crippen molar-refractivity contribution in [2.45, 2.75) is 6.42 Å². The van der Waals surface area contributed by atoms with Crippen LogP contribution >= 0.6 is 0 Å². The van der Waals surface area contributed by atoms with Crippen LogP contribution in [0.4, 0.5) is 0 Å². The number of aromatic nitrogens is 3. The lowest BCUT2D eigenvalue weighted by molar-refractivity contribution is 0.392. The summed E-state index contributed by atoms with van der Waals surface area (Å²) >= 11 is 0. The molecular weight excluding hydrogens is 294 g/mol. The molecule has 0 atom stereocenters. The van der Waals surface area contributed by atoms with E-state index >= 15 is 0 Å². The summed E-state index contributed by atoms with van der Waals surface area (Å²) in [7, 11) is 3.22. The number of aromatic hydroxyl groups is 1. The molecule has 0 radical (unpaired) electrons. The minimum absolute atomic E-state index is 0.243. The number of rotatable bonds is 5. The largest absolute Gasteiger partial charge is 0.508 e. The molecular formula is C17H17N3O3. The highest BCUT2D eigenvalue weighted by molar-refractivity contribution is 5.51. The van der Waals surface area contributed by atoms with Gasteiger partial charge in [0.1, 0.15) is 35.1 Å². The molecule has 0 fully saturated rings. The molecule has 3 aromatic rings. The Morgan fingerprint density at radius 1 is 1.04 bits per heavy atom. The molecule has 0 aliphatic heterocycles. The van der Waals surface area contributed by atoms with Crippen molar-refractivity contribution in [2.24, 2.45) is 0 Å². The third kappa shape index (κ3) is 3.11. The van der Waals surface area contributed by atoms with Gasteiger partial charge in [0.15, 0.2) is 0 Å². The van der Waals surface area contributed by atoms with Crippen LogP contribution in [0, 0.1) is 0 Å². The molecule has 0 unspecified atom stereocenters. The first-order valence-electron chi connectivity index (χ1n) is 7.10. The smallest absolute Gasteiger partial charge is 0.148 e. The van der Waals surface area contributed by atoms with Gasteiger partial charge >= 0.3 is 0 Å². The number of phenols is 1. The van der Waals surface area contributed by atoms with Crippen LogP contribution in [0.5, 0.6) is 17.2 Å². The van der Waals surface area contributed by atoms with Crippen LogP contribution in [0.25, 0.3) is 5.69 Å². The zero-order chi connectivity index (χ0) is 16.2. The summed E-state index contributed by atoms with van der Waals surface area (Å²) in [6.07, 6.45) is 2.11. The highest BCUT2D eigenvalue weighted by Gasteiger charge is 2.13. The maximum Gasteiger partial charge on any atom is 0.148 e. The van der Waals surface area contributed by atoms with Gasteiger partial charge in [0.2, 0.25) is 0 Å². The van der Waals surface area contributed by atoms with Crippen molar-refractivity contribution >= 4 is 0 Å². The Labute approximate surface area is 133 Å². The minimum atomic E-state index is 0.243. The molecule has 0 aliphatic carbocycles. The van der Waals surface area contributed by atoms with Gasteiger partial charge in [-0.3, -0.25) is 0 Å². The van der Waals surface area contributed by atoms with Crippen molar-refractivity contribution in [3.63, 3.8) is 0 Å². The molecule has 0 amide bonds. The van der Waals surface area contributed by atoms with Crippen molar-refractivity contribution in [2.75, 3.05) is 14.2 Å². The Bertz CT molecular complexity index is 797. The van der Waals surface area contributed by atoms with Crippen LogP contribution in [0.2, 0.25) is 0 Å². The molecule has 0 aliphatic rings. The Hall–Kier alpha value is -3.02. The fourth-order valence-corrected chi connectivity index (χ4v) is 2.34. The molecule has 2 aromatic carbocycles. The van der Waals surface area contributed by atoms with Gasteiger partial charge in [0.05, 0.1) is 14.2 Å². The van der Waals surface area contributed by atoms with E-state index in [1.165, 1.54) is 6.33 Å². The van der Waals surface area contributed by atoms with Gasteiger partial charge in [0, 0.05) is 12.5 Å². The second-order valence-corrected chi connectivity index (χ2v) is 4.97. The van der Waals surface area contributed by atoms with Crippen LogP contribution in [-0.2, 0) is 6.42 Å². The predicted molar refractivity (Wildman–Crippen MR) is 85.4 cm³/mol. The number of methoxy groups -OCH3 is 2. The average molecular weight is 311 g/mol.